The van der Waals surface area contributed by atoms with Crippen LogP contribution in [-0.2, 0) is 13.2 Å². The monoisotopic (exact) mass is 335 g/mol. The first kappa shape index (κ1) is 15.5. The molecule has 0 bridgehead atoms. The number of rotatable bonds is 2. The standard InChI is InChI=1S/C16H12F3N3S/c1-22-13-8-4-5-9-14(13)23-15(22)21-20-10-11-6-2-3-7-12(11)16(17,18)19/h2-10H,1H3/b20-10-,21-15-. The fourth-order valence-electron chi connectivity index (χ4n) is 2.19. The molecule has 0 aliphatic rings. The molecule has 118 valence electrons. The number of thiazole rings is 1. The lowest BCUT2D eigenvalue weighted by Crippen LogP contribution is -2.10. The molecule has 0 saturated heterocycles. The Morgan fingerprint density at radius 3 is 2.48 bits per heavy atom. The van der Waals surface area contributed by atoms with Crippen molar-refractivity contribution in [2.75, 3.05) is 0 Å². The molecule has 3 aromatic rings. The van der Waals surface area contributed by atoms with Crippen LogP contribution >= 0.6 is 11.3 Å². The van der Waals surface area contributed by atoms with Crippen LogP contribution in [0.4, 0.5) is 13.2 Å². The van der Waals surface area contributed by atoms with Crippen molar-refractivity contribution in [3.8, 4) is 0 Å². The van der Waals surface area contributed by atoms with Gasteiger partial charge in [-0.1, -0.05) is 41.7 Å². The van der Waals surface area contributed by atoms with Crippen molar-refractivity contribution in [2.45, 2.75) is 6.18 Å². The van der Waals surface area contributed by atoms with Gasteiger partial charge in [0.2, 0.25) is 4.80 Å². The van der Waals surface area contributed by atoms with E-state index in [0.717, 1.165) is 22.5 Å². The summed E-state index contributed by atoms with van der Waals surface area (Å²) in [5.74, 6) is 0. The smallest absolute Gasteiger partial charge is 0.318 e. The highest BCUT2D eigenvalue weighted by atomic mass is 32.1. The summed E-state index contributed by atoms with van der Waals surface area (Å²) in [4.78, 5) is 0.618. The Balaban J connectivity index is 1.99. The second kappa shape index (κ2) is 6.00. The quantitative estimate of drug-likeness (QED) is 0.496. The minimum Gasteiger partial charge on any atom is -0.318 e. The van der Waals surface area contributed by atoms with Crippen molar-refractivity contribution in [3.63, 3.8) is 0 Å². The zero-order valence-corrected chi connectivity index (χ0v) is 12.9. The average molecular weight is 335 g/mol. The molecule has 1 aromatic heterocycles. The van der Waals surface area contributed by atoms with E-state index in [4.69, 9.17) is 0 Å². The van der Waals surface area contributed by atoms with Gasteiger partial charge in [-0.15, -0.1) is 5.10 Å². The maximum Gasteiger partial charge on any atom is 0.417 e. The lowest BCUT2D eigenvalue weighted by Gasteiger charge is -2.08. The van der Waals surface area contributed by atoms with Crippen LogP contribution in [-0.4, -0.2) is 10.8 Å². The summed E-state index contributed by atoms with van der Waals surface area (Å²) in [5.41, 5.74) is 0.273. The summed E-state index contributed by atoms with van der Waals surface area (Å²) in [7, 11) is 1.84. The largest absolute Gasteiger partial charge is 0.417 e. The van der Waals surface area contributed by atoms with E-state index in [-0.39, 0.29) is 5.56 Å². The van der Waals surface area contributed by atoms with Gasteiger partial charge in [-0.2, -0.15) is 18.3 Å². The van der Waals surface area contributed by atoms with Crippen molar-refractivity contribution < 1.29 is 13.2 Å². The highest BCUT2D eigenvalue weighted by Gasteiger charge is 2.32. The van der Waals surface area contributed by atoms with Gasteiger partial charge in [0.05, 0.1) is 22.0 Å². The maximum absolute atomic E-state index is 12.9. The minimum atomic E-state index is -4.41. The third-order valence-electron chi connectivity index (χ3n) is 3.32. The summed E-state index contributed by atoms with van der Waals surface area (Å²) in [5, 5.41) is 7.88. The first-order valence-corrected chi connectivity index (χ1v) is 7.56. The lowest BCUT2D eigenvalue weighted by molar-refractivity contribution is -0.137. The minimum absolute atomic E-state index is 0.00693. The number of hydrogen-bond acceptors (Lipinski definition) is 3. The van der Waals surface area contributed by atoms with Gasteiger partial charge in [0, 0.05) is 12.6 Å². The van der Waals surface area contributed by atoms with Crippen molar-refractivity contribution in [1.82, 2.24) is 4.57 Å². The summed E-state index contributed by atoms with van der Waals surface area (Å²) in [6, 6.07) is 13.0. The number of alkyl halides is 3. The molecule has 0 saturated carbocycles. The molecule has 3 nitrogen and oxygen atoms in total. The number of para-hydroxylation sites is 1. The van der Waals surface area contributed by atoms with E-state index >= 15 is 0 Å². The Bertz CT molecular complexity index is 935. The van der Waals surface area contributed by atoms with Gasteiger partial charge in [-0.25, -0.2) is 0 Å². The highest BCUT2D eigenvalue weighted by molar-refractivity contribution is 7.16. The Morgan fingerprint density at radius 2 is 1.74 bits per heavy atom. The number of halogens is 3. The molecule has 0 aliphatic carbocycles. The molecule has 0 N–H and O–H groups in total. The van der Waals surface area contributed by atoms with Gasteiger partial charge in [0.15, 0.2) is 0 Å². The number of fused-ring (bicyclic) bond motifs is 1. The van der Waals surface area contributed by atoms with Gasteiger partial charge >= 0.3 is 6.18 Å². The van der Waals surface area contributed by atoms with Crippen molar-refractivity contribution in [1.29, 1.82) is 0 Å². The first-order chi connectivity index (χ1) is 11.0. The molecule has 1 heterocycles. The maximum atomic E-state index is 12.9. The number of benzene rings is 2. The zero-order valence-electron chi connectivity index (χ0n) is 12.1. The molecule has 3 rings (SSSR count). The van der Waals surface area contributed by atoms with Crippen LogP contribution in [0, 0.1) is 0 Å². The fourth-order valence-corrected chi connectivity index (χ4v) is 3.16. The Hall–Kier alpha value is -2.41. The summed E-state index contributed by atoms with van der Waals surface area (Å²) >= 11 is 1.43. The highest BCUT2D eigenvalue weighted by Crippen LogP contribution is 2.31. The van der Waals surface area contributed by atoms with E-state index in [9.17, 15) is 13.2 Å². The third kappa shape index (κ3) is 3.19. The molecule has 0 spiro atoms. The lowest BCUT2D eigenvalue weighted by atomic mass is 10.1. The Kier molecular flexibility index (Phi) is 4.04. The summed E-state index contributed by atoms with van der Waals surface area (Å²) < 4.78 is 41.6. The molecule has 23 heavy (non-hydrogen) atoms. The second-order valence-electron chi connectivity index (χ2n) is 4.84. The molecule has 0 atom stereocenters. The van der Waals surface area contributed by atoms with Crippen LogP contribution < -0.4 is 4.80 Å². The van der Waals surface area contributed by atoms with Crippen molar-refractivity contribution in [3.05, 3.63) is 64.5 Å². The molecular formula is C16H12F3N3S. The topological polar surface area (TPSA) is 29.6 Å². The van der Waals surface area contributed by atoms with Gasteiger partial charge in [0.25, 0.3) is 0 Å². The van der Waals surface area contributed by atoms with E-state index in [2.05, 4.69) is 10.2 Å². The number of aromatic nitrogens is 1. The molecule has 0 unspecified atom stereocenters. The zero-order chi connectivity index (χ0) is 16.4. The number of hydrogen-bond donors (Lipinski definition) is 0. The predicted molar refractivity (Wildman–Crippen MR) is 85.4 cm³/mol. The molecule has 0 radical (unpaired) electrons. The van der Waals surface area contributed by atoms with Crippen molar-refractivity contribution in [2.24, 2.45) is 17.3 Å². The van der Waals surface area contributed by atoms with Crippen LogP contribution in [0.2, 0.25) is 0 Å². The Labute approximate surface area is 134 Å². The number of nitrogens with zero attached hydrogens (tertiary/aromatic N) is 3. The predicted octanol–water partition coefficient (Wildman–Crippen LogP) is 4.19. The van der Waals surface area contributed by atoms with E-state index in [0.29, 0.717) is 4.80 Å². The molecule has 2 aromatic carbocycles. The van der Waals surface area contributed by atoms with Crippen LogP contribution in [0.3, 0.4) is 0 Å². The van der Waals surface area contributed by atoms with E-state index in [1.807, 2.05) is 35.9 Å². The van der Waals surface area contributed by atoms with Crippen LogP contribution in [0.1, 0.15) is 11.1 Å². The van der Waals surface area contributed by atoms with Crippen LogP contribution in [0.25, 0.3) is 10.2 Å². The van der Waals surface area contributed by atoms with Gasteiger partial charge < -0.3 is 4.57 Å². The first-order valence-electron chi connectivity index (χ1n) is 6.74. The fraction of sp³-hybridized carbons (Fsp3) is 0.125. The SMILES string of the molecule is Cn1/c(=N/N=C\c2ccccc2C(F)(F)F)sc2ccccc21. The molecule has 0 fully saturated rings. The summed E-state index contributed by atoms with van der Waals surface area (Å²) in [6.45, 7) is 0. The third-order valence-corrected chi connectivity index (χ3v) is 4.42. The van der Waals surface area contributed by atoms with Gasteiger partial charge in [-0.3, -0.25) is 0 Å². The molecular weight excluding hydrogens is 323 g/mol. The summed E-state index contributed by atoms with van der Waals surface area (Å²) in [6.07, 6.45) is -3.28. The molecule has 7 heteroatoms. The second-order valence-corrected chi connectivity index (χ2v) is 5.85. The average Bonchev–Trinajstić information content (AvgIpc) is 2.84. The van der Waals surface area contributed by atoms with Crippen molar-refractivity contribution >= 4 is 27.8 Å². The van der Waals surface area contributed by atoms with E-state index < -0.39 is 11.7 Å². The molecule has 0 amide bonds. The van der Waals surface area contributed by atoms with Gasteiger partial charge in [0.1, 0.15) is 0 Å². The van der Waals surface area contributed by atoms with E-state index in [1.54, 1.807) is 0 Å². The van der Waals surface area contributed by atoms with Crippen LogP contribution in [0.5, 0.6) is 0 Å². The van der Waals surface area contributed by atoms with Crippen LogP contribution in [0.15, 0.2) is 58.7 Å². The van der Waals surface area contributed by atoms with E-state index in [1.165, 1.54) is 29.5 Å². The number of aryl methyl sites for hydroxylation is 1. The Morgan fingerprint density at radius 1 is 1.04 bits per heavy atom. The molecule has 0 aliphatic heterocycles. The van der Waals surface area contributed by atoms with Gasteiger partial charge in [-0.05, 0) is 18.2 Å². The normalized spacial score (nSPS) is 13.3.